The van der Waals surface area contributed by atoms with Crippen LogP contribution < -0.4 is 4.74 Å². The normalized spacial score (nSPS) is 16.2. The molecule has 3 rings (SSSR count). The summed E-state index contributed by atoms with van der Waals surface area (Å²) in [6, 6.07) is 13.5. The molecule has 0 atom stereocenters. The SMILES string of the molecule is C#CCOc1ccc(S(=O)(=O)C2(C(=O)OCC)CCN(Cc3ccc(Cl)cc3)CC2)cc1. The Morgan fingerprint density at radius 3 is 2.31 bits per heavy atom. The molecule has 32 heavy (non-hydrogen) atoms. The molecule has 0 aliphatic carbocycles. The van der Waals surface area contributed by atoms with Crippen LogP contribution in [0.1, 0.15) is 25.3 Å². The molecule has 170 valence electrons. The second-order valence-electron chi connectivity index (χ2n) is 7.59. The van der Waals surface area contributed by atoms with E-state index in [4.69, 9.17) is 27.5 Å². The highest BCUT2D eigenvalue weighted by molar-refractivity contribution is 7.93. The summed E-state index contributed by atoms with van der Waals surface area (Å²) >= 11 is 5.95. The molecule has 1 aliphatic heterocycles. The van der Waals surface area contributed by atoms with Crippen molar-refractivity contribution in [2.75, 3.05) is 26.3 Å². The Kier molecular flexibility index (Phi) is 7.83. The molecule has 1 fully saturated rings. The van der Waals surface area contributed by atoms with Crippen LogP contribution in [0.3, 0.4) is 0 Å². The highest BCUT2D eigenvalue weighted by atomic mass is 35.5. The van der Waals surface area contributed by atoms with Gasteiger partial charge in [-0.2, -0.15) is 0 Å². The third-order valence-electron chi connectivity index (χ3n) is 5.60. The van der Waals surface area contributed by atoms with Gasteiger partial charge in [-0.1, -0.05) is 29.7 Å². The molecule has 6 nitrogen and oxygen atoms in total. The van der Waals surface area contributed by atoms with E-state index >= 15 is 0 Å². The molecule has 0 amide bonds. The van der Waals surface area contributed by atoms with E-state index in [1.807, 2.05) is 24.3 Å². The number of sulfone groups is 1. The first-order valence-corrected chi connectivity index (χ1v) is 12.2. The Labute approximate surface area is 194 Å². The maximum atomic E-state index is 13.6. The molecule has 2 aromatic carbocycles. The number of ether oxygens (including phenoxy) is 2. The number of hydrogen-bond donors (Lipinski definition) is 0. The van der Waals surface area contributed by atoms with Crippen molar-refractivity contribution in [1.29, 1.82) is 0 Å². The molecular formula is C24H26ClNO5S. The summed E-state index contributed by atoms with van der Waals surface area (Å²) in [5, 5.41) is 0.663. The lowest BCUT2D eigenvalue weighted by molar-refractivity contribution is -0.147. The molecule has 1 saturated heterocycles. The molecule has 8 heteroatoms. The monoisotopic (exact) mass is 475 g/mol. The quantitative estimate of drug-likeness (QED) is 0.428. The van der Waals surface area contributed by atoms with Crippen molar-refractivity contribution in [2.24, 2.45) is 0 Å². The predicted octanol–water partition coefficient (Wildman–Crippen LogP) is 3.72. The first-order valence-electron chi connectivity index (χ1n) is 10.4. The van der Waals surface area contributed by atoms with Crippen LogP contribution in [0.2, 0.25) is 5.02 Å². The van der Waals surface area contributed by atoms with Crippen LogP contribution in [0.15, 0.2) is 53.4 Å². The van der Waals surface area contributed by atoms with Gasteiger partial charge in [0, 0.05) is 24.7 Å². The fourth-order valence-corrected chi connectivity index (χ4v) is 5.90. The fraction of sp³-hybridized carbons (Fsp3) is 0.375. The zero-order chi connectivity index (χ0) is 23.2. The molecule has 1 heterocycles. The number of nitrogens with zero attached hydrogens (tertiary/aromatic N) is 1. The summed E-state index contributed by atoms with van der Waals surface area (Å²) < 4.78 is 36.2. The molecule has 0 spiro atoms. The topological polar surface area (TPSA) is 72.9 Å². The smallest absolute Gasteiger partial charge is 0.327 e. The van der Waals surface area contributed by atoms with E-state index in [0.717, 1.165) is 5.56 Å². The number of piperidine rings is 1. The van der Waals surface area contributed by atoms with Crippen molar-refractivity contribution >= 4 is 27.4 Å². The second-order valence-corrected chi connectivity index (χ2v) is 10.3. The van der Waals surface area contributed by atoms with Gasteiger partial charge in [-0.25, -0.2) is 8.42 Å². The van der Waals surface area contributed by atoms with Gasteiger partial charge in [0.05, 0.1) is 11.5 Å². The summed E-state index contributed by atoms with van der Waals surface area (Å²) in [7, 11) is -4.00. The summed E-state index contributed by atoms with van der Waals surface area (Å²) in [6.07, 6.45) is 5.49. The number of rotatable bonds is 8. The van der Waals surface area contributed by atoms with E-state index in [1.165, 1.54) is 12.1 Å². The lowest BCUT2D eigenvalue weighted by atomic mass is 9.95. The van der Waals surface area contributed by atoms with Gasteiger partial charge in [0.15, 0.2) is 14.6 Å². The lowest BCUT2D eigenvalue weighted by Crippen LogP contribution is -2.54. The number of terminal acetylenes is 1. The Morgan fingerprint density at radius 1 is 1.12 bits per heavy atom. The molecule has 1 aliphatic rings. The Hall–Kier alpha value is -2.53. The third kappa shape index (κ3) is 5.09. The summed E-state index contributed by atoms with van der Waals surface area (Å²) in [4.78, 5) is 15.2. The van der Waals surface area contributed by atoms with Crippen molar-refractivity contribution in [1.82, 2.24) is 4.90 Å². The van der Waals surface area contributed by atoms with E-state index < -0.39 is 20.6 Å². The van der Waals surface area contributed by atoms with Gasteiger partial charge in [-0.05, 0) is 61.7 Å². The molecule has 0 saturated carbocycles. The minimum Gasteiger partial charge on any atom is -0.481 e. The van der Waals surface area contributed by atoms with Crippen LogP contribution in [0.5, 0.6) is 5.75 Å². The van der Waals surface area contributed by atoms with E-state index in [2.05, 4.69) is 10.8 Å². The van der Waals surface area contributed by atoms with Crippen molar-refractivity contribution in [2.45, 2.75) is 36.0 Å². The predicted molar refractivity (Wildman–Crippen MR) is 123 cm³/mol. The highest BCUT2D eigenvalue weighted by Gasteiger charge is 2.54. The standard InChI is InChI=1S/C24H26ClNO5S/c1-3-17-31-21-9-11-22(12-10-21)32(28,29)24(23(27)30-4-2)13-15-26(16-14-24)18-19-5-7-20(25)8-6-19/h1,5-12H,4,13-18H2,2H3. The van der Waals surface area contributed by atoms with Crippen molar-refractivity contribution in [3.8, 4) is 18.1 Å². The van der Waals surface area contributed by atoms with Gasteiger partial charge in [0.1, 0.15) is 12.4 Å². The Morgan fingerprint density at radius 2 is 1.75 bits per heavy atom. The molecule has 0 radical (unpaired) electrons. The average molecular weight is 476 g/mol. The van der Waals surface area contributed by atoms with Gasteiger partial charge in [-0.15, -0.1) is 6.42 Å². The van der Waals surface area contributed by atoms with E-state index in [1.54, 1.807) is 19.1 Å². The van der Waals surface area contributed by atoms with Crippen LogP contribution in [0.4, 0.5) is 0 Å². The zero-order valence-electron chi connectivity index (χ0n) is 17.9. The molecule has 0 unspecified atom stereocenters. The number of benzene rings is 2. The van der Waals surface area contributed by atoms with Gasteiger partial charge < -0.3 is 9.47 Å². The molecule has 2 aromatic rings. The maximum absolute atomic E-state index is 13.6. The lowest BCUT2D eigenvalue weighted by Gasteiger charge is -2.39. The number of hydrogen-bond acceptors (Lipinski definition) is 6. The first kappa shape index (κ1) is 24.1. The van der Waals surface area contributed by atoms with Crippen LogP contribution >= 0.6 is 11.6 Å². The number of esters is 1. The zero-order valence-corrected chi connectivity index (χ0v) is 19.5. The average Bonchev–Trinajstić information content (AvgIpc) is 2.80. The molecular weight excluding hydrogens is 450 g/mol. The minimum absolute atomic E-state index is 0.0600. The second kappa shape index (κ2) is 10.4. The Balaban J connectivity index is 1.82. The van der Waals surface area contributed by atoms with Crippen LogP contribution in [-0.2, 0) is 25.9 Å². The third-order valence-corrected chi connectivity index (χ3v) is 8.35. The van der Waals surface area contributed by atoms with E-state index in [-0.39, 0.29) is 31.0 Å². The minimum atomic E-state index is -4.00. The molecule has 0 N–H and O–H groups in total. The highest BCUT2D eigenvalue weighted by Crippen LogP contribution is 2.37. The van der Waals surface area contributed by atoms with Crippen molar-refractivity contribution < 1.29 is 22.7 Å². The number of likely N-dealkylation sites (tertiary alicyclic amines) is 1. The van der Waals surface area contributed by atoms with Crippen LogP contribution in [0.25, 0.3) is 0 Å². The first-order chi connectivity index (χ1) is 15.3. The number of carbonyl (C=O) groups is 1. The van der Waals surface area contributed by atoms with Gasteiger partial charge in [0.2, 0.25) is 0 Å². The largest absolute Gasteiger partial charge is 0.481 e. The fourth-order valence-electron chi connectivity index (χ4n) is 3.83. The van der Waals surface area contributed by atoms with Crippen LogP contribution in [0, 0.1) is 12.3 Å². The van der Waals surface area contributed by atoms with E-state index in [0.29, 0.717) is 30.4 Å². The summed E-state index contributed by atoms with van der Waals surface area (Å²) in [5.74, 6) is 2.13. The van der Waals surface area contributed by atoms with Gasteiger partial charge >= 0.3 is 5.97 Å². The van der Waals surface area contributed by atoms with E-state index in [9.17, 15) is 13.2 Å². The maximum Gasteiger partial charge on any atom is 0.327 e. The van der Waals surface area contributed by atoms with Crippen molar-refractivity contribution in [3.63, 3.8) is 0 Å². The Bertz CT molecular complexity index is 1070. The van der Waals surface area contributed by atoms with Gasteiger partial charge in [0.25, 0.3) is 0 Å². The number of halogens is 1. The summed E-state index contributed by atoms with van der Waals surface area (Å²) in [5.41, 5.74) is 1.07. The number of carbonyl (C=O) groups excluding carboxylic acids is 1. The van der Waals surface area contributed by atoms with Gasteiger partial charge in [-0.3, -0.25) is 9.69 Å². The summed E-state index contributed by atoms with van der Waals surface area (Å²) in [6.45, 7) is 3.42. The van der Waals surface area contributed by atoms with Crippen molar-refractivity contribution in [3.05, 3.63) is 59.1 Å². The molecule has 0 bridgehead atoms. The van der Waals surface area contributed by atoms with Crippen LogP contribution in [-0.4, -0.2) is 50.3 Å². The molecule has 0 aromatic heterocycles.